The van der Waals surface area contributed by atoms with Gasteiger partial charge in [0.25, 0.3) is 15.9 Å². The van der Waals surface area contributed by atoms with Crippen molar-refractivity contribution in [3.8, 4) is 11.6 Å². The summed E-state index contributed by atoms with van der Waals surface area (Å²) >= 11 is 6.11. The van der Waals surface area contributed by atoms with Gasteiger partial charge >= 0.3 is 11.8 Å². The highest BCUT2D eigenvalue weighted by Crippen LogP contribution is 2.27. The molecule has 0 aliphatic carbocycles. The number of carbonyl (C=O) groups is 1. The molecule has 1 fully saturated rings. The van der Waals surface area contributed by atoms with Crippen LogP contribution in [0.3, 0.4) is 0 Å². The molecule has 0 spiro atoms. The lowest BCUT2D eigenvalue weighted by atomic mass is 10.2. The van der Waals surface area contributed by atoms with E-state index in [0.717, 1.165) is 18.4 Å². The minimum absolute atomic E-state index is 0.0300. The summed E-state index contributed by atoms with van der Waals surface area (Å²) in [4.78, 5) is 16.7. The molecule has 152 valence electrons. The number of nitrogens with zero attached hydrogens (tertiary/aromatic N) is 3. The third-order valence-corrected chi connectivity index (χ3v) is 6.23. The lowest BCUT2D eigenvalue weighted by Gasteiger charge is -2.11. The van der Waals surface area contributed by atoms with Gasteiger partial charge in [0.15, 0.2) is 0 Å². The average molecular weight is 436 g/mol. The van der Waals surface area contributed by atoms with Crippen LogP contribution < -0.4 is 4.72 Å². The number of nitrogens with one attached hydrogen (secondary N) is 2. The van der Waals surface area contributed by atoms with Gasteiger partial charge in [-0.25, -0.2) is 8.42 Å². The molecule has 0 bridgehead atoms. The summed E-state index contributed by atoms with van der Waals surface area (Å²) in [6.07, 6.45) is 3.19. The van der Waals surface area contributed by atoms with Crippen molar-refractivity contribution in [1.29, 1.82) is 0 Å². The van der Waals surface area contributed by atoms with Crippen LogP contribution in [-0.4, -0.2) is 47.5 Å². The van der Waals surface area contributed by atoms with Crippen LogP contribution in [0.4, 0.5) is 5.69 Å². The Labute approximate surface area is 172 Å². The first-order chi connectivity index (χ1) is 13.8. The van der Waals surface area contributed by atoms with Crippen molar-refractivity contribution in [2.45, 2.75) is 24.7 Å². The molecule has 1 amide bonds. The molecule has 1 aliphatic heterocycles. The Balaban J connectivity index is 1.54. The molecule has 1 aromatic carbocycles. The van der Waals surface area contributed by atoms with Gasteiger partial charge in [0.05, 0.1) is 10.7 Å². The Kier molecular flexibility index (Phi) is 5.05. The number of aromatic amines is 1. The zero-order valence-corrected chi connectivity index (χ0v) is 17.0. The first kappa shape index (κ1) is 19.5. The molecular weight excluding hydrogens is 418 g/mol. The maximum atomic E-state index is 12.7. The van der Waals surface area contributed by atoms with Crippen molar-refractivity contribution in [3.63, 3.8) is 0 Å². The number of aryl methyl sites for hydroxylation is 1. The molecule has 4 rings (SSSR count). The zero-order valence-electron chi connectivity index (χ0n) is 15.5. The summed E-state index contributed by atoms with van der Waals surface area (Å²) in [6.45, 7) is 3.18. The highest BCUT2D eigenvalue weighted by molar-refractivity contribution is 7.92. The minimum atomic E-state index is -3.89. The van der Waals surface area contributed by atoms with Gasteiger partial charge in [-0.1, -0.05) is 17.7 Å². The van der Waals surface area contributed by atoms with Crippen molar-refractivity contribution < 1.29 is 17.6 Å². The fourth-order valence-corrected chi connectivity index (χ4v) is 4.44. The largest absolute Gasteiger partial charge is 0.411 e. The van der Waals surface area contributed by atoms with Crippen LogP contribution in [0.5, 0.6) is 0 Å². The van der Waals surface area contributed by atoms with Crippen LogP contribution in [0.1, 0.15) is 29.1 Å². The summed E-state index contributed by atoms with van der Waals surface area (Å²) < 4.78 is 33.2. The van der Waals surface area contributed by atoms with E-state index in [9.17, 15) is 13.2 Å². The highest BCUT2D eigenvalue weighted by Gasteiger charge is 2.26. The minimum Gasteiger partial charge on any atom is -0.411 e. The van der Waals surface area contributed by atoms with E-state index in [-0.39, 0.29) is 34.0 Å². The highest BCUT2D eigenvalue weighted by atomic mass is 35.5. The molecule has 2 aromatic heterocycles. The molecule has 0 radical (unpaired) electrons. The number of hydrogen-bond acceptors (Lipinski definition) is 6. The maximum Gasteiger partial charge on any atom is 0.311 e. The van der Waals surface area contributed by atoms with Crippen molar-refractivity contribution in [2.75, 3.05) is 17.8 Å². The molecule has 1 aliphatic rings. The van der Waals surface area contributed by atoms with E-state index in [0.29, 0.717) is 18.1 Å². The smallest absolute Gasteiger partial charge is 0.311 e. The molecule has 11 heteroatoms. The first-order valence-corrected chi connectivity index (χ1v) is 10.8. The van der Waals surface area contributed by atoms with Gasteiger partial charge < -0.3 is 14.3 Å². The summed E-state index contributed by atoms with van der Waals surface area (Å²) in [7, 11) is -3.89. The number of H-pyrrole nitrogens is 1. The van der Waals surface area contributed by atoms with Crippen LogP contribution in [0.25, 0.3) is 11.6 Å². The van der Waals surface area contributed by atoms with Gasteiger partial charge in [-0.15, -0.1) is 10.2 Å². The number of sulfonamides is 1. The van der Waals surface area contributed by atoms with E-state index in [1.807, 2.05) is 6.92 Å². The Morgan fingerprint density at radius 3 is 2.72 bits per heavy atom. The van der Waals surface area contributed by atoms with Gasteiger partial charge in [-0.05, 0) is 43.5 Å². The van der Waals surface area contributed by atoms with Crippen LogP contribution in [0.2, 0.25) is 5.02 Å². The average Bonchev–Trinajstić information content (AvgIpc) is 3.44. The first-order valence-electron chi connectivity index (χ1n) is 8.94. The number of aromatic nitrogens is 3. The molecule has 3 aromatic rings. The van der Waals surface area contributed by atoms with Crippen LogP contribution in [0.15, 0.2) is 39.8 Å². The van der Waals surface area contributed by atoms with Crippen LogP contribution in [0, 0.1) is 6.92 Å². The SMILES string of the molecule is Cc1ccc(NS(=O)(=O)c2c[nH]c(-c3nnc(C(=O)N4CCCC4)o3)c2)c(Cl)c1. The molecular formula is C18H18ClN5O4S. The quantitative estimate of drug-likeness (QED) is 0.635. The van der Waals surface area contributed by atoms with E-state index in [4.69, 9.17) is 16.0 Å². The van der Waals surface area contributed by atoms with Crippen molar-refractivity contribution >= 4 is 33.2 Å². The number of likely N-dealkylation sites (tertiary alicyclic amines) is 1. The van der Waals surface area contributed by atoms with Gasteiger partial charge in [0.2, 0.25) is 0 Å². The summed E-state index contributed by atoms with van der Waals surface area (Å²) in [5.41, 5.74) is 1.47. The zero-order chi connectivity index (χ0) is 20.6. The predicted octanol–water partition coefficient (Wildman–Crippen LogP) is 3.06. The molecule has 1 saturated heterocycles. The fourth-order valence-electron chi connectivity index (χ4n) is 3.03. The Hall–Kier alpha value is -2.85. The number of hydrogen-bond donors (Lipinski definition) is 2. The van der Waals surface area contributed by atoms with Crippen LogP contribution >= 0.6 is 11.6 Å². The normalized spacial score (nSPS) is 14.3. The van der Waals surface area contributed by atoms with Gasteiger partial charge in [0, 0.05) is 19.3 Å². The molecule has 29 heavy (non-hydrogen) atoms. The molecule has 0 unspecified atom stereocenters. The Morgan fingerprint density at radius 2 is 2.00 bits per heavy atom. The number of halogens is 1. The van der Waals surface area contributed by atoms with Crippen molar-refractivity contribution in [3.05, 3.63) is 46.9 Å². The Morgan fingerprint density at radius 1 is 1.24 bits per heavy atom. The van der Waals surface area contributed by atoms with E-state index >= 15 is 0 Å². The number of carbonyl (C=O) groups excluding carboxylic acids is 1. The summed E-state index contributed by atoms with van der Waals surface area (Å²) in [5.74, 6) is -0.413. The summed E-state index contributed by atoms with van der Waals surface area (Å²) in [5, 5.41) is 7.93. The molecule has 3 heterocycles. The summed E-state index contributed by atoms with van der Waals surface area (Å²) in [6, 6.07) is 6.36. The number of rotatable bonds is 5. The monoisotopic (exact) mass is 435 g/mol. The topological polar surface area (TPSA) is 121 Å². The molecule has 0 atom stereocenters. The van der Waals surface area contributed by atoms with E-state index in [2.05, 4.69) is 19.9 Å². The lowest BCUT2D eigenvalue weighted by Crippen LogP contribution is -2.27. The second-order valence-electron chi connectivity index (χ2n) is 6.75. The van der Waals surface area contributed by atoms with Crippen molar-refractivity contribution in [2.24, 2.45) is 0 Å². The second-order valence-corrected chi connectivity index (χ2v) is 8.84. The third kappa shape index (κ3) is 3.99. The number of amides is 1. The number of anilines is 1. The van der Waals surface area contributed by atoms with E-state index in [1.54, 1.807) is 23.1 Å². The molecule has 9 nitrogen and oxygen atoms in total. The maximum absolute atomic E-state index is 12.7. The molecule has 2 N–H and O–H groups in total. The second kappa shape index (κ2) is 7.53. The van der Waals surface area contributed by atoms with E-state index in [1.165, 1.54) is 12.3 Å². The van der Waals surface area contributed by atoms with Gasteiger partial charge in [-0.2, -0.15) is 0 Å². The van der Waals surface area contributed by atoms with Gasteiger partial charge in [0.1, 0.15) is 10.6 Å². The predicted molar refractivity (Wildman–Crippen MR) is 106 cm³/mol. The third-order valence-electron chi connectivity index (χ3n) is 4.57. The standard InChI is InChI=1S/C18H18ClN5O4S/c1-11-4-5-14(13(19)8-11)23-29(26,27)12-9-15(20-10-12)16-21-22-17(28-16)18(25)24-6-2-3-7-24/h4-5,8-10,20,23H,2-3,6-7H2,1H3. The fraction of sp³-hybridized carbons (Fsp3) is 0.278. The van der Waals surface area contributed by atoms with E-state index < -0.39 is 10.0 Å². The lowest BCUT2D eigenvalue weighted by molar-refractivity contribution is 0.0754. The van der Waals surface area contributed by atoms with Crippen LogP contribution in [-0.2, 0) is 10.0 Å². The Bertz CT molecular complexity index is 1160. The van der Waals surface area contributed by atoms with Gasteiger partial charge in [-0.3, -0.25) is 9.52 Å². The molecule has 0 saturated carbocycles. The number of benzene rings is 1. The van der Waals surface area contributed by atoms with Crippen molar-refractivity contribution in [1.82, 2.24) is 20.1 Å².